The maximum Gasteiger partial charge on any atom is 0.414 e. The van der Waals surface area contributed by atoms with Gasteiger partial charge in [0.2, 0.25) is 5.95 Å². The van der Waals surface area contributed by atoms with Crippen LogP contribution < -0.4 is 10.2 Å². The number of aromatic nitrogens is 2. The lowest BCUT2D eigenvalue weighted by Gasteiger charge is -2.20. The van der Waals surface area contributed by atoms with Crippen molar-refractivity contribution in [2.24, 2.45) is 0 Å². The predicted molar refractivity (Wildman–Crippen MR) is 81.0 cm³/mol. The first kappa shape index (κ1) is 15.0. The molecule has 7 heteroatoms. The van der Waals surface area contributed by atoms with Gasteiger partial charge in [0.25, 0.3) is 0 Å². The van der Waals surface area contributed by atoms with Crippen LogP contribution in [0.2, 0.25) is 0 Å². The van der Waals surface area contributed by atoms with E-state index in [0.29, 0.717) is 0 Å². The van der Waals surface area contributed by atoms with Gasteiger partial charge in [-0.05, 0) is 49.5 Å². The number of halogens is 1. The smallest absolute Gasteiger partial charge is 0.414 e. The van der Waals surface area contributed by atoms with Crippen LogP contribution in [0.4, 0.5) is 16.6 Å². The van der Waals surface area contributed by atoms with Gasteiger partial charge >= 0.3 is 6.09 Å². The fourth-order valence-corrected chi connectivity index (χ4v) is 2.41. The van der Waals surface area contributed by atoms with E-state index in [4.69, 9.17) is 4.74 Å². The van der Waals surface area contributed by atoms with Crippen molar-refractivity contribution in [3.63, 3.8) is 0 Å². The quantitative estimate of drug-likeness (QED) is 0.893. The third-order valence-corrected chi connectivity index (χ3v) is 3.30. The van der Waals surface area contributed by atoms with Gasteiger partial charge in [-0.15, -0.1) is 0 Å². The third-order valence-electron chi connectivity index (χ3n) is 2.74. The normalized spacial score (nSPS) is 15.3. The monoisotopic (exact) mass is 342 g/mol. The molecule has 1 aliphatic heterocycles. The maximum atomic E-state index is 11.7. The minimum atomic E-state index is -0.549. The second-order valence-electron chi connectivity index (χ2n) is 5.69. The number of hydrogen-bond acceptors (Lipinski definition) is 5. The average molecular weight is 343 g/mol. The van der Waals surface area contributed by atoms with Gasteiger partial charge in [-0.25, -0.2) is 9.78 Å². The van der Waals surface area contributed by atoms with Crippen LogP contribution in [0.1, 0.15) is 33.6 Å². The van der Waals surface area contributed by atoms with E-state index in [1.54, 1.807) is 6.20 Å². The van der Waals surface area contributed by atoms with Gasteiger partial charge < -0.3 is 9.64 Å². The molecule has 0 aliphatic carbocycles. The summed E-state index contributed by atoms with van der Waals surface area (Å²) in [6.07, 6.45) is 3.41. The number of ether oxygens (including phenoxy) is 1. The summed E-state index contributed by atoms with van der Waals surface area (Å²) in [4.78, 5) is 22.3. The number of anilines is 2. The highest BCUT2D eigenvalue weighted by Gasteiger charge is 2.20. The Kier molecular flexibility index (Phi) is 4.47. The molecule has 6 nitrogen and oxygen atoms in total. The second kappa shape index (κ2) is 5.95. The van der Waals surface area contributed by atoms with Gasteiger partial charge in [-0.2, -0.15) is 4.98 Å². The predicted octanol–water partition coefficient (Wildman–Crippen LogP) is 3.19. The molecule has 0 spiro atoms. The Morgan fingerprint density at radius 3 is 2.65 bits per heavy atom. The van der Waals surface area contributed by atoms with E-state index in [0.717, 1.165) is 36.2 Å². The van der Waals surface area contributed by atoms with Gasteiger partial charge in [0.05, 0.1) is 4.47 Å². The Morgan fingerprint density at radius 1 is 1.40 bits per heavy atom. The van der Waals surface area contributed by atoms with Crippen molar-refractivity contribution in [2.45, 2.75) is 39.2 Å². The summed E-state index contributed by atoms with van der Waals surface area (Å²) in [5.41, 5.74) is -0.544. The molecule has 1 fully saturated rings. The zero-order chi connectivity index (χ0) is 14.8. The number of carbonyl (C=O) groups excluding carboxylic acids is 1. The first-order valence-electron chi connectivity index (χ1n) is 6.63. The van der Waals surface area contributed by atoms with Crippen molar-refractivity contribution in [3.05, 3.63) is 10.7 Å². The molecule has 110 valence electrons. The topological polar surface area (TPSA) is 67.3 Å². The minimum Gasteiger partial charge on any atom is -0.444 e. The molecular weight excluding hydrogens is 324 g/mol. The Bertz CT molecular complexity index is 496. The summed E-state index contributed by atoms with van der Waals surface area (Å²) in [6.45, 7) is 7.38. The first-order valence-corrected chi connectivity index (χ1v) is 7.42. The highest BCUT2D eigenvalue weighted by atomic mass is 79.9. The fourth-order valence-electron chi connectivity index (χ4n) is 1.96. The lowest BCUT2D eigenvalue weighted by atomic mass is 10.2. The Hall–Kier alpha value is -1.37. The van der Waals surface area contributed by atoms with E-state index in [2.05, 4.69) is 36.1 Å². The first-order chi connectivity index (χ1) is 9.35. The zero-order valence-corrected chi connectivity index (χ0v) is 13.5. The standard InChI is InChI=1S/C13H19BrN4O2/c1-13(2,3)20-12(19)17-11-15-8-9(14)10(16-11)18-6-4-5-7-18/h8H,4-7H2,1-3H3,(H,15,16,17,19). The van der Waals surface area contributed by atoms with Crippen LogP contribution in [0.25, 0.3) is 0 Å². The van der Waals surface area contributed by atoms with E-state index in [1.165, 1.54) is 0 Å². The van der Waals surface area contributed by atoms with Gasteiger partial charge in [0.15, 0.2) is 0 Å². The number of hydrogen-bond donors (Lipinski definition) is 1. The summed E-state index contributed by atoms with van der Waals surface area (Å²) < 4.78 is 6.01. The molecule has 1 aliphatic rings. The molecule has 0 saturated carbocycles. The summed E-state index contributed by atoms with van der Waals surface area (Å²) in [5, 5.41) is 2.56. The molecule has 1 aromatic rings. The molecule has 1 saturated heterocycles. The van der Waals surface area contributed by atoms with Crippen molar-refractivity contribution in [2.75, 3.05) is 23.3 Å². The summed E-state index contributed by atoms with van der Waals surface area (Å²) in [5.74, 6) is 1.06. The van der Waals surface area contributed by atoms with E-state index in [9.17, 15) is 4.79 Å². The van der Waals surface area contributed by atoms with Crippen LogP contribution in [0.5, 0.6) is 0 Å². The van der Waals surface area contributed by atoms with Crippen molar-refractivity contribution >= 4 is 33.8 Å². The molecule has 1 aromatic heterocycles. The van der Waals surface area contributed by atoms with Crippen molar-refractivity contribution in [1.29, 1.82) is 0 Å². The number of rotatable bonds is 2. The largest absolute Gasteiger partial charge is 0.444 e. The van der Waals surface area contributed by atoms with E-state index < -0.39 is 11.7 Å². The van der Waals surface area contributed by atoms with Gasteiger partial charge in [-0.3, -0.25) is 5.32 Å². The maximum absolute atomic E-state index is 11.7. The van der Waals surface area contributed by atoms with Crippen LogP contribution in [0, 0.1) is 0 Å². The summed E-state index contributed by atoms with van der Waals surface area (Å²) in [7, 11) is 0. The van der Waals surface area contributed by atoms with E-state index in [1.807, 2.05) is 20.8 Å². The van der Waals surface area contributed by atoms with Gasteiger partial charge in [0, 0.05) is 19.3 Å². The van der Waals surface area contributed by atoms with Crippen LogP contribution >= 0.6 is 15.9 Å². The molecule has 2 heterocycles. The molecule has 1 amide bonds. The lowest BCUT2D eigenvalue weighted by molar-refractivity contribution is 0.0634. The SMILES string of the molecule is CC(C)(C)OC(=O)Nc1ncc(Br)c(N2CCCC2)n1. The average Bonchev–Trinajstić information content (AvgIpc) is 2.82. The van der Waals surface area contributed by atoms with Crippen molar-refractivity contribution in [3.8, 4) is 0 Å². The molecule has 0 radical (unpaired) electrons. The number of amides is 1. The number of nitrogens with one attached hydrogen (secondary N) is 1. The molecule has 0 aromatic carbocycles. The van der Waals surface area contributed by atoms with Gasteiger partial charge in [0.1, 0.15) is 11.4 Å². The fraction of sp³-hybridized carbons (Fsp3) is 0.615. The molecule has 0 atom stereocenters. The third kappa shape index (κ3) is 4.06. The van der Waals surface area contributed by atoms with E-state index >= 15 is 0 Å². The lowest BCUT2D eigenvalue weighted by Crippen LogP contribution is -2.28. The Morgan fingerprint density at radius 2 is 2.05 bits per heavy atom. The summed E-state index contributed by atoms with van der Waals surface area (Å²) in [6, 6.07) is 0. The molecule has 0 unspecified atom stereocenters. The molecule has 1 N–H and O–H groups in total. The molecule has 0 bridgehead atoms. The summed E-state index contributed by atoms with van der Waals surface area (Å²) >= 11 is 3.44. The minimum absolute atomic E-state index is 0.254. The van der Waals surface area contributed by atoms with Crippen LogP contribution in [0.3, 0.4) is 0 Å². The number of nitrogens with zero attached hydrogens (tertiary/aromatic N) is 3. The molecular formula is C13H19BrN4O2. The molecule has 2 rings (SSSR count). The Balaban J connectivity index is 2.09. The van der Waals surface area contributed by atoms with Crippen LogP contribution in [0.15, 0.2) is 10.7 Å². The van der Waals surface area contributed by atoms with Crippen LogP contribution in [-0.4, -0.2) is 34.8 Å². The number of carbonyl (C=O) groups is 1. The van der Waals surface area contributed by atoms with Crippen molar-refractivity contribution < 1.29 is 9.53 Å². The highest BCUT2D eigenvalue weighted by Crippen LogP contribution is 2.27. The van der Waals surface area contributed by atoms with Gasteiger partial charge in [-0.1, -0.05) is 0 Å². The second-order valence-corrected chi connectivity index (χ2v) is 6.54. The van der Waals surface area contributed by atoms with Crippen LogP contribution in [-0.2, 0) is 4.74 Å². The zero-order valence-electron chi connectivity index (χ0n) is 11.9. The van der Waals surface area contributed by atoms with E-state index in [-0.39, 0.29) is 5.95 Å². The Labute approximate surface area is 127 Å². The highest BCUT2D eigenvalue weighted by molar-refractivity contribution is 9.10. The van der Waals surface area contributed by atoms with Crippen molar-refractivity contribution in [1.82, 2.24) is 9.97 Å². The molecule has 20 heavy (non-hydrogen) atoms.